The summed E-state index contributed by atoms with van der Waals surface area (Å²) in [7, 11) is 0. The quantitative estimate of drug-likeness (QED) is 0.484. The van der Waals surface area contributed by atoms with Gasteiger partial charge >= 0.3 is 0 Å². The molecule has 1 saturated heterocycles. The number of hydrogen-bond acceptors (Lipinski definition) is 3. The number of thioether (sulfide) groups is 1. The Kier molecular flexibility index (Phi) is 5.30. The number of thiocarbonyl (C=S) groups is 1. The maximum atomic E-state index is 12.4. The van der Waals surface area contributed by atoms with E-state index in [0.717, 1.165) is 22.6 Å². The van der Waals surface area contributed by atoms with Gasteiger partial charge in [0.25, 0.3) is 5.91 Å². The maximum Gasteiger partial charge on any atom is 0.266 e. The molecule has 3 nitrogen and oxygen atoms in total. The fourth-order valence-corrected chi connectivity index (χ4v) is 4.64. The van der Waals surface area contributed by atoms with Gasteiger partial charge in [0.05, 0.1) is 20.6 Å². The molecule has 0 bridgehead atoms. The van der Waals surface area contributed by atoms with Gasteiger partial charge < -0.3 is 4.57 Å². The Hall–Kier alpha value is -1.27. The number of aromatic nitrogens is 1. The first-order valence-corrected chi connectivity index (χ1v) is 9.72. The fourth-order valence-electron chi connectivity index (χ4n) is 2.88. The van der Waals surface area contributed by atoms with E-state index in [4.69, 9.17) is 35.4 Å². The van der Waals surface area contributed by atoms with Crippen LogP contribution in [0.15, 0.2) is 29.2 Å². The van der Waals surface area contributed by atoms with E-state index in [1.807, 2.05) is 49.6 Å². The lowest BCUT2D eigenvalue weighted by Gasteiger charge is -2.12. The molecule has 0 saturated carbocycles. The molecule has 1 aliphatic heterocycles. The maximum absolute atomic E-state index is 12.4. The van der Waals surface area contributed by atoms with E-state index in [9.17, 15) is 4.79 Å². The Morgan fingerprint density at radius 2 is 2.00 bits per heavy atom. The molecule has 130 valence electrons. The number of aryl methyl sites for hydroxylation is 1. The molecule has 1 fully saturated rings. The Morgan fingerprint density at radius 3 is 2.64 bits per heavy atom. The predicted molar refractivity (Wildman–Crippen MR) is 111 cm³/mol. The minimum absolute atomic E-state index is 0.0388. The lowest BCUT2D eigenvalue weighted by molar-refractivity contribution is -0.121. The minimum Gasteiger partial charge on any atom is -0.316 e. The van der Waals surface area contributed by atoms with Gasteiger partial charge in [-0.3, -0.25) is 9.69 Å². The van der Waals surface area contributed by atoms with Crippen molar-refractivity contribution < 1.29 is 4.79 Å². The number of nitrogens with zero attached hydrogens (tertiary/aromatic N) is 2. The number of hydrogen-bond donors (Lipinski definition) is 0. The van der Waals surface area contributed by atoms with Gasteiger partial charge in [-0.2, -0.15) is 0 Å². The van der Waals surface area contributed by atoms with E-state index in [0.29, 0.717) is 25.8 Å². The van der Waals surface area contributed by atoms with E-state index >= 15 is 0 Å². The summed E-state index contributed by atoms with van der Waals surface area (Å²) in [5.41, 5.74) is 3.79. The number of likely N-dealkylation sites (N-methyl/N-ethyl adjacent to an activating group) is 1. The van der Waals surface area contributed by atoms with Crippen molar-refractivity contribution in [3.63, 3.8) is 0 Å². The van der Waals surface area contributed by atoms with Crippen molar-refractivity contribution in [3.8, 4) is 5.69 Å². The van der Waals surface area contributed by atoms with Gasteiger partial charge in [-0.05, 0) is 50.6 Å². The second-order valence-corrected chi connectivity index (χ2v) is 8.12. The average molecular weight is 411 g/mol. The third-order valence-electron chi connectivity index (χ3n) is 4.12. The molecule has 0 N–H and O–H groups in total. The van der Waals surface area contributed by atoms with Gasteiger partial charge in [-0.15, -0.1) is 0 Å². The fraction of sp³-hybridized carbons (Fsp3) is 0.222. The molecule has 0 aliphatic carbocycles. The van der Waals surface area contributed by atoms with Crippen molar-refractivity contribution in [1.82, 2.24) is 9.47 Å². The lowest BCUT2D eigenvalue weighted by Crippen LogP contribution is -2.27. The summed E-state index contributed by atoms with van der Waals surface area (Å²) < 4.78 is 2.64. The van der Waals surface area contributed by atoms with Crippen LogP contribution in [-0.2, 0) is 4.79 Å². The zero-order chi connectivity index (χ0) is 18.3. The second-order valence-electron chi connectivity index (χ2n) is 5.66. The molecule has 25 heavy (non-hydrogen) atoms. The van der Waals surface area contributed by atoms with Crippen LogP contribution >= 0.6 is 47.2 Å². The lowest BCUT2D eigenvalue weighted by atomic mass is 10.2. The smallest absolute Gasteiger partial charge is 0.266 e. The number of halogens is 2. The van der Waals surface area contributed by atoms with Gasteiger partial charge in [0.1, 0.15) is 4.32 Å². The highest BCUT2D eigenvalue weighted by atomic mass is 35.5. The first-order valence-electron chi connectivity index (χ1n) is 7.73. The Bertz CT molecular complexity index is 918. The van der Waals surface area contributed by atoms with Crippen LogP contribution in [0, 0.1) is 13.8 Å². The van der Waals surface area contributed by atoms with Crippen LogP contribution in [-0.4, -0.2) is 26.2 Å². The SMILES string of the molecule is CCN1C(=O)/C(=C/c2cc(C)n(-c3cccc(Cl)c3Cl)c2C)SC1=S. The summed E-state index contributed by atoms with van der Waals surface area (Å²) in [6.45, 7) is 6.50. The topological polar surface area (TPSA) is 25.2 Å². The second kappa shape index (κ2) is 7.16. The zero-order valence-corrected chi connectivity index (χ0v) is 17.1. The monoisotopic (exact) mass is 410 g/mol. The van der Waals surface area contributed by atoms with Crippen molar-refractivity contribution in [3.05, 3.63) is 56.2 Å². The first-order chi connectivity index (χ1) is 11.8. The summed E-state index contributed by atoms with van der Waals surface area (Å²) in [6, 6.07) is 7.59. The number of benzene rings is 1. The Labute approximate surface area is 166 Å². The van der Waals surface area contributed by atoms with E-state index in [1.54, 1.807) is 11.0 Å². The van der Waals surface area contributed by atoms with Crippen LogP contribution in [0.4, 0.5) is 0 Å². The predicted octanol–water partition coefficient (Wildman–Crippen LogP) is 5.62. The highest BCUT2D eigenvalue weighted by molar-refractivity contribution is 8.26. The van der Waals surface area contributed by atoms with Crippen molar-refractivity contribution in [1.29, 1.82) is 0 Å². The highest BCUT2D eigenvalue weighted by Gasteiger charge is 2.31. The van der Waals surface area contributed by atoms with E-state index in [-0.39, 0.29) is 5.91 Å². The summed E-state index contributed by atoms with van der Waals surface area (Å²) >= 11 is 19.1. The summed E-state index contributed by atoms with van der Waals surface area (Å²) in [6.07, 6.45) is 1.90. The van der Waals surface area contributed by atoms with Gasteiger partial charge in [-0.1, -0.05) is 53.2 Å². The largest absolute Gasteiger partial charge is 0.316 e. The number of carbonyl (C=O) groups excluding carboxylic acids is 1. The third kappa shape index (κ3) is 3.26. The van der Waals surface area contributed by atoms with Crippen molar-refractivity contribution in [2.45, 2.75) is 20.8 Å². The van der Waals surface area contributed by atoms with Crippen LogP contribution in [0.1, 0.15) is 23.9 Å². The molecule has 0 atom stereocenters. The molecule has 0 unspecified atom stereocenters. The number of rotatable bonds is 3. The van der Waals surface area contributed by atoms with Gasteiger partial charge in [0.2, 0.25) is 0 Å². The van der Waals surface area contributed by atoms with Crippen LogP contribution in [0.5, 0.6) is 0 Å². The Morgan fingerprint density at radius 1 is 1.28 bits per heavy atom. The van der Waals surface area contributed by atoms with Gasteiger partial charge in [-0.25, -0.2) is 0 Å². The van der Waals surface area contributed by atoms with E-state index in [2.05, 4.69) is 0 Å². The molecular weight excluding hydrogens is 395 g/mol. The van der Waals surface area contributed by atoms with Crippen LogP contribution in [0.2, 0.25) is 10.0 Å². The molecule has 0 spiro atoms. The van der Waals surface area contributed by atoms with Gasteiger partial charge in [0, 0.05) is 17.9 Å². The molecule has 3 rings (SSSR count). The summed E-state index contributed by atoms with van der Waals surface area (Å²) in [5.74, 6) is -0.0388. The summed E-state index contributed by atoms with van der Waals surface area (Å²) in [4.78, 5) is 14.7. The molecule has 1 amide bonds. The van der Waals surface area contributed by atoms with Crippen LogP contribution in [0.25, 0.3) is 11.8 Å². The van der Waals surface area contributed by atoms with Gasteiger partial charge in [0.15, 0.2) is 0 Å². The van der Waals surface area contributed by atoms with Crippen molar-refractivity contribution >= 4 is 63.5 Å². The minimum atomic E-state index is -0.0388. The molecule has 2 heterocycles. The molecule has 1 aromatic heterocycles. The molecule has 7 heteroatoms. The van der Waals surface area contributed by atoms with Crippen LogP contribution in [0.3, 0.4) is 0 Å². The molecule has 2 aromatic rings. The van der Waals surface area contributed by atoms with Crippen molar-refractivity contribution in [2.24, 2.45) is 0 Å². The highest BCUT2D eigenvalue weighted by Crippen LogP contribution is 2.35. The standard InChI is InChI=1S/C18H16Cl2N2OS2/c1-4-21-17(23)15(25-18(21)24)9-12-8-10(2)22(11(12)3)14-7-5-6-13(19)16(14)20/h5-9H,4H2,1-3H3/b15-9-. The molecule has 1 aliphatic rings. The summed E-state index contributed by atoms with van der Waals surface area (Å²) in [5, 5.41) is 1.02. The number of carbonyl (C=O) groups is 1. The van der Waals surface area contributed by atoms with E-state index in [1.165, 1.54) is 11.8 Å². The molecule has 1 aromatic carbocycles. The normalized spacial score (nSPS) is 16.4. The molecular formula is C18H16Cl2N2OS2. The molecule has 0 radical (unpaired) electrons. The van der Waals surface area contributed by atoms with Crippen LogP contribution < -0.4 is 0 Å². The Balaban J connectivity index is 2.07. The first kappa shape index (κ1) is 18.5. The average Bonchev–Trinajstić information content (AvgIpc) is 2.99. The third-order valence-corrected chi connectivity index (χ3v) is 6.31. The van der Waals surface area contributed by atoms with Crippen molar-refractivity contribution in [2.75, 3.05) is 6.54 Å². The number of amides is 1. The zero-order valence-electron chi connectivity index (χ0n) is 14.0. The van der Waals surface area contributed by atoms with E-state index < -0.39 is 0 Å².